The van der Waals surface area contributed by atoms with Crippen LogP contribution in [-0.4, -0.2) is 19.1 Å². The maximum absolute atomic E-state index is 13.2. The van der Waals surface area contributed by atoms with Gasteiger partial charge in [-0.05, 0) is 23.8 Å². The Morgan fingerprint density at radius 2 is 1.96 bits per heavy atom. The zero-order chi connectivity index (χ0) is 17.3. The number of benzene rings is 2. The molecule has 0 fully saturated rings. The number of fused-ring (bicyclic) bond motifs is 1. The van der Waals surface area contributed by atoms with E-state index in [9.17, 15) is 22.4 Å². The fourth-order valence-corrected chi connectivity index (χ4v) is 2.58. The van der Waals surface area contributed by atoms with E-state index in [1.165, 1.54) is 35.2 Å². The maximum Gasteiger partial charge on any atom is 0.416 e. The largest absolute Gasteiger partial charge is 0.489 e. The van der Waals surface area contributed by atoms with Gasteiger partial charge in [0.05, 0.1) is 24.2 Å². The van der Waals surface area contributed by atoms with Gasteiger partial charge in [-0.15, -0.1) is 0 Å². The van der Waals surface area contributed by atoms with Crippen LogP contribution in [0, 0.1) is 5.82 Å². The molecular formula is C17H13F4NO2. The van der Waals surface area contributed by atoms with Gasteiger partial charge in [-0.2, -0.15) is 13.2 Å². The topological polar surface area (TPSA) is 29.5 Å². The van der Waals surface area contributed by atoms with Crippen molar-refractivity contribution in [3.05, 3.63) is 59.4 Å². The predicted octanol–water partition coefficient (Wildman–Crippen LogP) is 3.81. The van der Waals surface area contributed by atoms with Crippen molar-refractivity contribution in [1.29, 1.82) is 0 Å². The van der Waals surface area contributed by atoms with Crippen molar-refractivity contribution < 1.29 is 27.1 Å². The Balaban J connectivity index is 1.82. The first-order chi connectivity index (χ1) is 11.3. The molecule has 0 unspecified atom stereocenters. The van der Waals surface area contributed by atoms with Crippen molar-refractivity contribution in [2.45, 2.75) is 12.6 Å². The smallest absolute Gasteiger partial charge is 0.416 e. The summed E-state index contributed by atoms with van der Waals surface area (Å²) in [5, 5.41) is 0. The molecule has 0 saturated carbocycles. The van der Waals surface area contributed by atoms with Gasteiger partial charge < -0.3 is 9.64 Å². The normalized spacial score (nSPS) is 14.1. The Labute approximate surface area is 135 Å². The number of amides is 1. The Morgan fingerprint density at radius 3 is 2.71 bits per heavy atom. The van der Waals surface area contributed by atoms with Crippen LogP contribution in [0.5, 0.6) is 5.75 Å². The third kappa shape index (κ3) is 3.34. The fourth-order valence-electron chi connectivity index (χ4n) is 2.58. The van der Waals surface area contributed by atoms with Crippen LogP contribution in [0.15, 0.2) is 42.5 Å². The van der Waals surface area contributed by atoms with Gasteiger partial charge in [0, 0.05) is 6.07 Å². The molecule has 126 valence electrons. The number of alkyl halides is 3. The van der Waals surface area contributed by atoms with Gasteiger partial charge >= 0.3 is 6.18 Å². The highest BCUT2D eigenvalue weighted by Gasteiger charge is 2.31. The van der Waals surface area contributed by atoms with Crippen LogP contribution in [0.1, 0.15) is 11.1 Å². The Kier molecular flexibility index (Phi) is 4.17. The molecule has 2 aromatic rings. The van der Waals surface area contributed by atoms with Crippen molar-refractivity contribution in [2.24, 2.45) is 0 Å². The lowest BCUT2D eigenvalue weighted by Crippen LogP contribution is -2.38. The first kappa shape index (κ1) is 16.3. The Morgan fingerprint density at radius 1 is 1.17 bits per heavy atom. The molecule has 1 aliphatic heterocycles. The van der Waals surface area contributed by atoms with Crippen molar-refractivity contribution in [2.75, 3.05) is 18.1 Å². The Bertz CT molecular complexity index is 773. The lowest BCUT2D eigenvalue weighted by molar-refractivity contribution is -0.137. The van der Waals surface area contributed by atoms with E-state index in [1.54, 1.807) is 0 Å². The number of carbonyl (C=O) groups is 1. The maximum atomic E-state index is 13.2. The van der Waals surface area contributed by atoms with Crippen molar-refractivity contribution in [3.63, 3.8) is 0 Å². The third-order valence-corrected chi connectivity index (χ3v) is 3.70. The van der Waals surface area contributed by atoms with E-state index in [1.807, 2.05) is 0 Å². The minimum atomic E-state index is -4.46. The molecule has 3 nitrogen and oxygen atoms in total. The number of rotatable bonds is 2. The average molecular weight is 339 g/mol. The summed E-state index contributed by atoms with van der Waals surface area (Å²) < 4.78 is 56.8. The SMILES string of the molecule is O=C(Cc1cccc(C(F)(F)F)c1)N1CCOc2cc(F)ccc21. The first-order valence-corrected chi connectivity index (χ1v) is 7.23. The molecular weight excluding hydrogens is 326 g/mol. The van der Waals surface area contributed by atoms with E-state index < -0.39 is 17.6 Å². The fraction of sp³-hybridized carbons (Fsp3) is 0.235. The molecule has 2 aromatic carbocycles. The molecule has 24 heavy (non-hydrogen) atoms. The molecule has 0 bridgehead atoms. The van der Waals surface area contributed by atoms with E-state index in [0.717, 1.165) is 12.1 Å². The minimum absolute atomic E-state index is 0.180. The highest BCUT2D eigenvalue weighted by Crippen LogP contribution is 2.33. The molecule has 7 heteroatoms. The van der Waals surface area contributed by atoms with Crippen LogP contribution in [0.25, 0.3) is 0 Å². The van der Waals surface area contributed by atoms with Crippen LogP contribution < -0.4 is 9.64 Å². The molecule has 1 heterocycles. The molecule has 0 aromatic heterocycles. The number of hydrogen-bond acceptors (Lipinski definition) is 2. The number of nitrogens with zero attached hydrogens (tertiary/aromatic N) is 1. The lowest BCUT2D eigenvalue weighted by Gasteiger charge is -2.29. The summed E-state index contributed by atoms with van der Waals surface area (Å²) >= 11 is 0. The predicted molar refractivity (Wildman–Crippen MR) is 79.4 cm³/mol. The molecule has 0 saturated heterocycles. The summed E-state index contributed by atoms with van der Waals surface area (Å²) in [7, 11) is 0. The van der Waals surface area contributed by atoms with Gasteiger partial charge in [-0.3, -0.25) is 4.79 Å². The lowest BCUT2D eigenvalue weighted by atomic mass is 10.1. The standard InChI is InChI=1S/C17H13F4NO2/c18-13-4-5-14-15(10-13)24-7-6-22(14)16(23)9-11-2-1-3-12(8-11)17(19,20)21/h1-5,8,10H,6-7,9H2. The molecule has 0 spiro atoms. The zero-order valence-electron chi connectivity index (χ0n) is 12.4. The van der Waals surface area contributed by atoms with E-state index in [-0.39, 0.29) is 36.8 Å². The number of hydrogen-bond donors (Lipinski definition) is 0. The van der Waals surface area contributed by atoms with Gasteiger partial charge in [0.15, 0.2) is 0 Å². The Hall–Kier alpha value is -2.57. The summed E-state index contributed by atoms with van der Waals surface area (Å²) in [6.07, 6.45) is -4.64. The summed E-state index contributed by atoms with van der Waals surface area (Å²) in [6, 6.07) is 8.48. The van der Waals surface area contributed by atoms with E-state index in [2.05, 4.69) is 0 Å². The number of carbonyl (C=O) groups excluding carboxylic acids is 1. The number of ether oxygens (including phenoxy) is 1. The second-order valence-corrected chi connectivity index (χ2v) is 5.38. The molecule has 0 aliphatic carbocycles. The van der Waals surface area contributed by atoms with Gasteiger partial charge in [0.2, 0.25) is 5.91 Å². The molecule has 0 atom stereocenters. The highest BCUT2D eigenvalue weighted by molar-refractivity contribution is 5.96. The van der Waals surface area contributed by atoms with E-state index in [4.69, 9.17) is 4.74 Å². The van der Waals surface area contributed by atoms with Gasteiger partial charge in [0.25, 0.3) is 0 Å². The summed E-state index contributed by atoms with van der Waals surface area (Å²) in [5.74, 6) is -0.606. The minimum Gasteiger partial charge on any atom is -0.489 e. The number of anilines is 1. The summed E-state index contributed by atoms with van der Waals surface area (Å²) in [5.41, 5.74) is -0.109. The molecule has 1 aliphatic rings. The summed E-state index contributed by atoms with van der Waals surface area (Å²) in [6.45, 7) is 0.460. The van der Waals surface area contributed by atoms with Crippen LogP contribution in [-0.2, 0) is 17.4 Å². The first-order valence-electron chi connectivity index (χ1n) is 7.23. The number of halogens is 4. The van der Waals surface area contributed by atoms with Crippen LogP contribution in [0.2, 0.25) is 0 Å². The zero-order valence-corrected chi connectivity index (χ0v) is 12.4. The van der Waals surface area contributed by atoms with Gasteiger partial charge in [0.1, 0.15) is 18.2 Å². The monoisotopic (exact) mass is 339 g/mol. The quantitative estimate of drug-likeness (QED) is 0.779. The van der Waals surface area contributed by atoms with Crippen LogP contribution >= 0.6 is 0 Å². The molecule has 3 rings (SSSR count). The molecule has 0 radical (unpaired) electrons. The third-order valence-electron chi connectivity index (χ3n) is 3.70. The van der Waals surface area contributed by atoms with Crippen molar-refractivity contribution >= 4 is 11.6 Å². The molecule has 0 N–H and O–H groups in total. The van der Waals surface area contributed by atoms with Gasteiger partial charge in [-0.25, -0.2) is 4.39 Å². The van der Waals surface area contributed by atoms with E-state index in [0.29, 0.717) is 5.69 Å². The summed E-state index contributed by atoms with van der Waals surface area (Å²) in [4.78, 5) is 13.9. The van der Waals surface area contributed by atoms with Gasteiger partial charge in [-0.1, -0.05) is 18.2 Å². The highest BCUT2D eigenvalue weighted by atomic mass is 19.4. The molecule has 1 amide bonds. The van der Waals surface area contributed by atoms with Crippen molar-refractivity contribution in [3.8, 4) is 5.75 Å². The van der Waals surface area contributed by atoms with Crippen LogP contribution in [0.4, 0.5) is 23.2 Å². The van der Waals surface area contributed by atoms with Crippen LogP contribution in [0.3, 0.4) is 0 Å². The second kappa shape index (κ2) is 6.14. The van der Waals surface area contributed by atoms with Crippen molar-refractivity contribution in [1.82, 2.24) is 0 Å². The second-order valence-electron chi connectivity index (χ2n) is 5.38. The van der Waals surface area contributed by atoms with E-state index >= 15 is 0 Å². The average Bonchev–Trinajstić information content (AvgIpc) is 2.53.